The van der Waals surface area contributed by atoms with Gasteiger partial charge in [0.25, 0.3) is 0 Å². The van der Waals surface area contributed by atoms with Gasteiger partial charge in [0.15, 0.2) is 0 Å². The maximum atomic E-state index is 11.2. The van der Waals surface area contributed by atoms with Gasteiger partial charge in [-0.1, -0.05) is 0 Å². The third-order valence-electron chi connectivity index (χ3n) is 2.14. The number of methoxy groups -OCH3 is 1. The van der Waals surface area contributed by atoms with Crippen molar-refractivity contribution in [2.24, 2.45) is 0 Å². The summed E-state index contributed by atoms with van der Waals surface area (Å²) >= 11 is 0. The molecule has 1 fully saturated rings. The second-order valence-electron chi connectivity index (χ2n) is 3.12. The van der Waals surface area contributed by atoms with E-state index in [-0.39, 0.29) is 6.09 Å². The average molecular weight is 187 g/mol. The van der Waals surface area contributed by atoms with Crippen LogP contribution in [0.4, 0.5) is 4.79 Å². The molecule has 5 heteroatoms. The van der Waals surface area contributed by atoms with Gasteiger partial charge in [-0.25, -0.2) is 4.79 Å². The Morgan fingerprint density at radius 1 is 1.77 bits per heavy atom. The third kappa shape index (κ3) is 2.86. The fourth-order valence-electron chi connectivity index (χ4n) is 1.50. The molecule has 1 saturated heterocycles. The van der Waals surface area contributed by atoms with Crippen molar-refractivity contribution >= 4 is 6.09 Å². The van der Waals surface area contributed by atoms with Crippen LogP contribution in [0.5, 0.6) is 0 Å². The maximum Gasteiger partial charge on any atom is 0.409 e. The van der Waals surface area contributed by atoms with Gasteiger partial charge in [0.1, 0.15) is 0 Å². The lowest BCUT2D eigenvalue weighted by atomic mass is 10.2. The summed E-state index contributed by atoms with van der Waals surface area (Å²) in [7, 11) is 3.32. The van der Waals surface area contributed by atoms with Crippen LogP contribution in [-0.4, -0.2) is 57.4 Å². The van der Waals surface area contributed by atoms with Crippen molar-refractivity contribution in [2.45, 2.75) is 6.04 Å². The van der Waals surface area contributed by atoms with Crippen molar-refractivity contribution in [2.75, 3.05) is 40.3 Å². The smallest absolute Gasteiger partial charge is 0.409 e. The van der Waals surface area contributed by atoms with Gasteiger partial charge in [-0.3, -0.25) is 0 Å². The SMILES string of the molecule is CNCC1CN(C(=O)OC)CCN1. The van der Waals surface area contributed by atoms with E-state index in [1.807, 2.05) is 7.05 Å². The zero-order valence-corrected chi connectivity index (χ0v) is 8.17. The van der Waals surface area contributed by atoms with Gasteiger partial charge in [-0.05, 0) is 7.05 Å². The Labute approximate surface area is 78.4 Å². The Kier molecular flexibility index (Phi) is 3.98. The lowest BCUT2D eigenvalue weighted by Gasteiger charge is -2.32. The van der Waals surface area contributed by atoms with Gasteiger partial charge in [0.2, 0.25) is 0 Å². The number of piperazine rings is 1. The number of hydrogen-bond acceptors (Lipinski definition) is 4. The molecule has 1 aliphatic rings. The number of amides is 1. The average Bonchev–Trinajstić information content (AvgIpc) is 2.18. The van der Waals surface area contributed by atoms with Crippen LogP contribution in [0.25, 0.3) is 0 Å². The highest BCUT2D eigenvalue weighted by Gasteiger charge is 2.22. The van der Waals surface area contributed by atoms with Gasteiger partial charge < -0.3 is 20.3 Å². The van der Waals surface area contributed by atoms with Gasteiger partial charge in [0.05, 0.1) is 7.11 Å². The van der Waals surface area contributed by atoms with Crippen LogP contribution in [0.3, 0.4) is 0 Å². The molecule has 1 atom stereocenters. The van der Waals surface area contributed by atoms with Crippen molar-refractivity contribution in [1.29, 1.82) is 0 Å². The molecule has 1 unspecified atom stereocenters. The number of nitrogens with one attached hydrogen (secondary N) is 2. The van der Waals surface area contributed by atoms with Crippen molar-refractivity contribution in [3.63, 3.8) is 0 Å². The van der Waals surface area contributed by atoms with Crippen molar-refractivity contribution in [1.82, 2.24) is 15.5 Å². The van der Waals surface area contributed by atoms with Crippen molar-refractivity contribution in [3.05, 3.63) is 0 Å². The van der Waals surface area contributed by atoms with E-state index in [4.69, 9.17) is 0 Å². The number of ether oxygens (including phenoxy) is 1. The molecule has 5 nitrogen and oxygen atoms in total. The fraction of sp³-hybridized carbons (Fsp3) is 0.875. The molecule has 0 aromatic heterocycles. The quantitative estimate of drug-likeness (QED) is 0.597. The summed E-state index contributed by atoms with van der Waals surface area (Å²) in [5, 5.41) is 6.39. The van der Waals surface area contributed by atoms with E-state index in [1.165, 1.54) is 7.11 Å². The summed E-state index contributed by atoms with van der Waals surface area (Å²) in [6.07, 6.45) is -0.234. The van der Waals surface area contributed by atoms with Crippen LogP contribution < -0.4 is 10.6 Å². The summed E-state index contributed by atoms with van der Waals surface area (Å²) in [5.74, 6) is 0. The van der Waals surface area contributed by atoms with E-state index in [0.717, 1.165) is 19.6 Å². The number of rotatable bonds is 2. The molecule has 0 aliphatic carbocycles. The lowest BCUT2D eigenvalue weighted by molar-refractivity contribution is 0.109. The van der Waals surface area contributed by atoms with Crippen LogP contribution in [0.15, 0.2) is 0 Å². The van der Waals surface area contributed by atoms with E-state index in [2.05, 4.69) is 15.4 Å². The number of nitrogens with zero attached hydrogens (tertiary/aromatic N) is 1. The van der Waals surface area contributed by atoms with Crippen molar-refractivity contribution in [3.8, 4) is 0 Å². The first-order chi connectivity index (χ1) is 6.27. The molecular weight excluding hydrogens is 170 g/mol. The molecule has 76 valence electrons. The number of carbonyl (C=O) groups is 1. The molecule has 2 N–H and O–H groups in total. The van der Waals surface area contributed by atoms with Crippen LogP contribution >= 0.6 is 0 Å². The second-order valence-corrected chi connectivity index (χ2v) is 3.12. The molecule has 0 spiro atoms. The molecule has 0 aromatic carbocycles. The predicted molar refractivity (Wildman–Crippen MR) is 49.7 cm³/mol. The zero-order chi connectivity index (χ0) is 9.68. The van der Waals surface area contributed by atoms with Crippen LogP contribution in [0.1, 0.15) is 0 Å². The zero-order valence-electron chi connectivity index (χ0n) is 8.17. The molecule has 0 radical (unpaired) electrons. The summed E-state index contributed by atoms with van der Waals surface area (Å²) in [4.78, 5) is 12.9. The van der Waals surface area contributed by atoms with E-state index >= 15 is 0 Å². The highest BCUT2D eigenvalue weighted by Crippen LogP contribution is 2.00. The van der Waals surface area contributed by atoms with E-state index in [1.54, 1.807) is 4.90 Å². The Hall–Kier alpha value is -0.810. The minimum absolute atomic E-state index is 0.234. The predicted octanol–water partition coefficient (Wildman–Crippen LogP) is -0.754. The summed E-state index contributed by atoms with van der Waals surface area (Å²) in [6, 6.07) is 0.331. The molecule has 1 rings (SSSR count). The first kappa shape index (κ1) is 10.3. The minimum Gasteiger partial charge on any atom is -0.453 e. The molecule has 1 heterocycles. The third-order valence-corrected chi connectivity index (χ3v) is 2.14. The van der Waals surface area contributed by atoms with Crippen LogP contribution in [0, 0.1) is 0 Å². The Balaban J connectivity index is 2.37. The maximum absolute atomic E-state index is 11.2. The Morgan fingerprint density at radius 2 is 2.54 bits per heavy atom. The molecule has 13 heavy (non-hydrogen) atoms. The van der Waals surface area contributed by atoms with Gasteiger partial charge in [0, 0.05) is 32.2 Å². The summed E-state index contributed by atoms with van der Waals surface area (Å²) < 4.78 is 4.65. The van der Waals surface area contributed by atoms with E-state index in [9.17, 15) is 4.79 Å². The Morgan fingerprint density at radius 3 is 3.15 bits per heavy atom. The molecule has 1 amide bonds. The topological polar surface area (TPSA) is 53.6 Å². The van der Waals surface area contributed by atoms with Gasteiger partial charge in [-0.15, -0.1) is 0 Å². The monoisotopic (exact) mass is 187 g/mol. The molecular formula is C8H17N3O2. The summed E-state index contributed by atoms with van der Waals surface area (Å²) in [5.41, 5.74) is 0. The Bertz CT molecular complexity index is 173. The molecule has 0 bridgehead atoms. The number of carbonyl (C=O) groups excluding carboxylic acids is 1. The van der Waals surface area contributed by atoms with Crippen molar-refractivity contribution < 1.29 is 9.53 Å². The number of likely N-dealkylation sites (N-methyl/N-ethyl adjacent to an activating group) is 1. The minimum atomic E-state index is -0.234. The first-order valence-corrected chi connectivity index (χ1v) is 4.48. The fourth-order valence-corrected chi connectivity index (χ4v) is 1.50. The summed E-state index contributed by atoms with van der Waals surface area (Å²) in [6.45, 7) is 3.15. The largest absolute Gasteiger partial charge is 0.453 e. The molecule has 0 aromatic rings. The normalized spacial score (nSPS) is 22.9. The highest BCUT2D eigenvalue weighted by atomic mass is 16.5. The lowest BCUT2D eigenvalue weighted by Crippen LogP contribution is -2.55. The second kappa shape index (κ2) is 5.04. The molecule has 1 aliphatic heterocycles. The highest BCUT2D eigenvalue weighted by molar-refractivity contribution is 5.67. The van der Waals surface area contributed by atoms with E-state index in [0.29, 0.717) is 12.6 Å². The van der Waals surface area contributed by atoms with Crippen LogP contribution in [-0.2, 0) is 4.74 Å². The molecule has 0 saturated carbocycles. The van der Waals surface area contributed by atoms with E-state index < -0.39 is 0 Å². The number of hydrogen-bond donors (Lipinski definition) is 2. The van der Waals surface area contributed by atoms with Gasteiger partial charge >= 0.3 is 6.09 Å². The first-order valence-electron chi connectivity index (χ1n) is 4.48. The van der Waals surface area contributed by atoms with Gasteiger partial charge in [-0.2, -0.15) is 0 Å². The standard InChI is InChI=1S/C8H17N3O2/c1-9-5-7-6-11(4-3-10-7)8(12)13-2/h7,9-10H,3-6H2,1-2H3. The van der Waals surface area contributed by atoms with Crippen LogP contribution in [0.2, 0.25) is 0 Å².